The first-order chi connectivity index (χ1) is 8.42. The van der Waals surface area contributed by atoms with Crippen LogP contribution in [0, 0.1) is 11.3 Å². The molecule has 1 nitrogen and oxygen atoms in total. The van der Waals surface area contributed by atoms with E-state index >= 15 is 0 Å². The van der Waals surface area contributed by atoms with Crippen molar-refractivity contribution >= 4 is 11.8 Å². The van der Waals surface area contributed by atoms with Crippen molar-refractivity contribution in [1.82, 2.24) is 0 Å². The van der Waals surface area contributed by atoms with Crippen molar-refractivity contribution in [2.24, 2.45) is 0 Å². The monoisotopic (exact) mass is 237 g/mol. The Morgan fingerprint density at radius 3 is 2.00 bits per heavy atom. The van der Waals surface area contributed by atoms with Crippen LogP contribution in [0.2, 0.25) is 0 Å². The maximum Gasteiger partial charge on any atom is 0.0817 e. The number of hydrogen-bond acceptors (Lipinski definition) is 2. The minimum atomic E-state index is 0.321. The van der Waals surface area contributed by atoms with Gasteiger partial charge >= 0.3 is 0 Å². The van der Waals surface area contributed by atoms with Crippen LogP contribution < -0.4 is 0 Å². The van der Waals surface area contributed by atoms with Crippen molar-refractivity contribution in [2.45, 2.75) is 5.25 Å². The summed E-state index contributed by atoms with van der Waals surface area (Å²) in [5, 5.41) is 9.07. The maximum atomic E-state index is 8.75. The molecule has 0 spiro atoms. The number of hydrogen-bond donors (Lipinski definition) is 0. The zero-order valence-corrected chi connectivity index (χ0v) is 10.1. The second-order valence-corrected chi connectivity index (χ2v) is 5.12. The van der Waals surface area contributed by atoms with E-state index in [0.29, 0.717) is 11.0 Å². The molecule has 0 saturated heterocycles. The van der Waals surface area contributed by atoms with E-state index in [2.05, 4.69) is 54.6 Å². The fraction of sp³-hybridized carbons (Fsp3) is 0.133. The summed E-state index contributed by atoms with van der Waals surface area (Å²) in [6.45, 7) is 0. The number of thioether (sulfide) groups is 1. The standard InChI is InChI=1S/C15H11NS/c16-9-10-17-15-13-7-3-1-5-11(13)12-6-2-4-8-14(12)15/h1-8,15H,10H2. The van der Waals surface area contributed by atoms with Crippen molar-refractivity contribution in [3.05, 3.63) is 59.7 Å². The molecule has 2 heteroatoms. The molecule has 17 heavy (non-hydrogen) atoms. The summed E-state index contributed by atoms with van der Waals surface area (Å²) in [5.74, 6) is 0.535. The Hall–Kier alpha value is -1.72. The highest BCUT2D eigenvalue weighted by molar-refractivity contribution is 7.99. The van der Waals surface area contributed by atoms with Crippen molar-refractivity contribution in [2.75, 3.05) is 5.75 Å². The summed E-state index contributed by atoms with van der Waals surface area (Å²) in [4.78, 5) is 0. The molecule has 0 saturated carbocycles. The number of benzene rings is 2. The second-order valence-electron chi connectivity index (χ2n) is 4.02. The molecule has 0 heterocycles. The van der Waals surface area contributed by atoms with E-state index in [1.54, 1.807) is 11.8 Å². The van der Waals surface area contributed by atoms with Gasteiger partial charge in [-0.05, 0) is 22.3 Å². The summed E-state index contributed by atoms with van der Waals surface area (Å²) < 4.78 is 0. The second kappa shape index (κ2) is 4.27. The van der Waals surface area contributed by atoms with Crippen LogP contribution in [0.4, 0.5) is 0 Å². The number of fused-ring (bicyclic) bond motifs is 3. The van der Waals surface area contributed by atoms with Gasteiger partial charge in [-0.3, -0.25) is 0 Å². The van der Waals surface area contributed by atoms with Crippen molar-refractivity contribution in [3.63, 3.8) is 0 Å². The van der Waals surface area contributed by atoms with Crippen molar-refractivity contribution in [3.8, 4) is 17.2 Å². The van der Waals surface area contributed by atoms with Gasteiger partial charge in [0.15, 0.2) is 0 Å². The van der Waals surface area contributed by atoms with Gasteiger partial charge in [0.25, 0.3) is 0 Å². The lowest BCUT2D eigenvalue weighted by atomic mass is 10.1. The van der Waals surface area contributed by atoms with Crippen LogP contribution in [0.1, 0.15) is 16.4 Å². The van der Waals surface area contributed by atoms with Gasteiger partial charge in [0.2, 0.25) is 0 Å². The molecule has 0 bridgehead atoms. The third kappa shape index (κ3) is 1.64. The molecule has 2 aromatic rings. The van der Waals surface area contributed by atoms with Gasteiger partial charge in [-0.15, -0.1) is 11.8 Å². The Bertz CT molecular complexity index is 552. The molecule has 0 fully saturated rings. The van der Waals surface area contributed by atoms with Crippen LogP contribution in [0.15, 0.2) is 48.5 Å². The van der Waals surface area contributed by atoms with Gasteiger partial charge in [-0.25, -0.2) is 0 Å². The lowest BCUT2D eigenvalue weighted by molar-refractivity contribution is 1.22. The third-order valence-electron chi connectivity index (χ3n) is 3.09. The number of rotatable bonds is 2. The summed E-state index contributed by atoms with van der Waals surface area (Å²) in [5.41, 5.74) is 5.32. The van der Waals surface area contributed by atoms with Crippen molar-refractivity contribution in [1.29, 1.82) is 5.26 Å². The molecule has 1 aliphatic rings. The molecule has 0 unspecified atom stereocenters. The summed E-state index contributed by atoms with van der Waals surface area (Å²) in [6.07, 6.45) is 0. The zero-order chi connectivity index (χ0) is 11.7. The summed E-state index contributed by atoms with van der Waals surface area (Å²) in [6, 6.07) is 19.2. The Kier molecular flexibility index (Phi) is 2.62. The zero-order valence-electron chi connectivity index (χ0n) is 9.26. The minimum Gasteiger partial charge on any atom is -0.197 e. The Balaban J connectivity index is 2.14. The topological polar surface area (TPSA) is 23.8 Å². The fourth-order valence-corrected chi connectivity index (χ4v) is 3.42. The Labute approximate surface area is 105 Å². The van der Waals surface area contributed by atoms with E-state index < -0.39 is 0 Å². The van der Waals surface area contributed by atoms with E-state index in [1.807, 2.05) is 0 Å². The lowest BCUT2D eigenvalue weighted by Crippen LogP contribution is -1.91. The van der Waals surface area contributed by atoms with Gasteiger partial charge in [-0.2, -0.15) is 5.26 Å². The first-order valence-corrected chi connectivity index (χ1v) is 6.63. The summed E-state index contributed by atoms with van der Waals surface area (Å²) >= 11 is 1.71. The van der Waals surface area contributed by atoms with Crippen LogP contribution in [-0.4, -0.2) is 5.75 Å². The Morgan fingerprint density at radius 1 is 0.941 bits per heavy atom. The van der Waals surface area contributed by atoms with E-state index in [9.17, 15) is 0 Å². The van der Waals surface area contributed by atoms with E-state index in [0.717, 1.165) is 0 Å². The van der Waals surface area contributed by atoms with Gasteiger partial charge < -0.3 is 0 Å². The maximum absolute atomic E-state index is 8.75. The third-order valence-corrected chi connectivity index (χ3v) is 4.23. The molecule has 0 aromatic heterocycles. The van der Waals surface area contributed by atoms with E-state index in [1.165, 1.54) is 22.3 Å². The predicted molar refractivity (Wildman–Crippen MR) is 71.8 cm³/mol. The fourth-order valence-electron chi connectivity index (χ4n) is 2.41. The smallest absolute Gasteiger partial charge is 0.0817 e. The number of nitriles is 1. The average Bonchev–Trinajstić information content (AvgIpc) is 2.71. The molecule has 0 N–H and O–H groups in total. The van der Waals surface area contributed by atoms with E-state index in [-0.39, 0.29) is 0 Å². The normalized spacial score (nSPS) is 12.9. The Morgan fingerprint density at radius 2 is 1.47 bits per heavy atom. The predicted octanol–water partition coefficient (Wildman–Crippen LogP) is 4.01. The van der Waals surface area contributed by atoms with E-state index in [4.69, 9.17) is 5.26 Å². The highest BCUT2D eigenvalue weighted by atomic mass is 32.2. The van der Waals surface area contributed by atoms with Gasteiger partial charge in [-0.1, -0.05) is 48.5 Å². The quantitative estimate of drug-likeness (QED) is 0.788. The molecular weight excluding hydrogens is 226 g/mol. The minimum absolute atomic E-state index is 0.321. The molecule has 0 atom stereocenters. The van der Waals surface area contributed by atoms with Crippen LogP contribution in [-0.2, 0) is 0 Å². The number of nitrogens with zero attached hydrogens (tertiary/aromatic N) is 1. The van der Waals surface area contributed by atoms with Crippen molar-refractivity contribution < 1.29 is 0 Å². The lowest BCUT2D eigenvalue weighted by Gasteiger charge is -2.10. The molecular formula is C15H11NS. The molecule has 0 aliphatic heterocycles. The molecule has 0 amide bonds. The van der Waals surface area contributed by atoms with Crippen LogP contribution in [0.3, 0.4) is 0 Å². The summed E-state index contributed by atoms with van der Waals surface area (Å²) in [7, 11) is 0. The largest absolute Gasteiger partial charge is 0.197 e. The first kappa shape index (κ1) is 10.4. The van der Waals surface area contributed by atoms with Crippen LogP contribution in [0.5, 0.6) is 0 Å². The van der Waals surface area contributed by atoms with Gasteiger partial charge in [0, 0.05) is 0 Å². The van der Waals surface area contributed by atoms with Gasteiger partial charge in [0.1, 0.15) is 0 Å². The van der Waals surface area contributed by atoms with Crippen LogP contribution in [0.25, 0.3) is 11.1 Å². The van der Waals surface area contributed by atoms with Crippen LogP contribution >= 0.6 is 11.8 Å². The highest BCUT2D eigenvalue weighted by Crippen LogP contribution is 2.49. The first-order valence-electron chi connectivity index (χ1n) is 5.58. The van der Waals surface area contributed by atoms with Gasteiger partial charge in [0.05, 0.1) is 17.1 Å². The molecule has 2 aromatic carbocycles. The molecule has 0 radical (unpaired) electrons. The molecule has 3 rings (SSSR count). The molecule has 1 aliphatic carbocycles. The highest BCUT2D eigenvalue weighted by Gasteiger charge is 2.27. The average molecular weight is 237 g/mol. The SMILES string of the molecule is N#CCSC1c2ccccc2-c2ccccc21. The molecule has 82 valence electrons.